The monoisotopic (exact) mass is 324 g/mol. The Balaban J connectivity index is 1.84. The van der Waals surface area contributed by atoms with E-state index in [-0.39, 0.29) is 12.4 Å². The number of rotatable bonds is 6. The van der Waals surface area contributed by atoms with E-state index in [1.807, 2.05) is 43.3 Å². The molecule has 0 unspecified atom stereocenters. The summed E-state index contributed by atoms with van der Waals surface area (Å²) in [6.07, 6.45) is 0. The van der Waals surface area contributed by atoms with Gasteiger partial charge in [0.25, 0.3) is 0 Å². The van der Waals surface area contributed by atoms with Crippen molar-refractivity contribution in [2.24, 2.45) is 0 Å². The van der Waals surface area contributed by atoms with Gasteiger partial charge in [0.2, 0.25) is 0 Å². The van der Waals surface area contributed by atoms with Gasteiger partial charge in [0.15, 0.2) is 0 Å². The van der Waals surface area contributed by atoms with Crippen LogP contribution in [0.15, 0.2) is 48.5 Å². The van der Waals surface area contributed by atoms with Gasteiger partial charge in [0.1, 0.15) is 17.3 Å². The molecule has 0 saturated heterocycles. The largest absolute Gasteiger partial charge is 0.506 e. The first kappa shape index (κ1) is 16.0. The Kier molecular flexibility index (Phi) is 4.77. The molecule has 0 aliphatic heterocycles. The number of hydrogen-bond donors (Lipinski definition) is 3. The lowest BCUT2D eigenvalue weighted by Crippen LogP contribution is -2.11. The van der Waals surface area contributed by atoms with Gasteiger partial charge >= 0.3 is 0 Å². The van der Waals surface area contributed by atoms with Crippen LogP contribution in [0.5, 0.6) is 5.75 Å². The zero-order valence-electron chi connectivity index (χ0n) is 13.5. The summed E-state index contributed by atoms with van der Waals surface area (Å²) in [5.74, 6) is 0.926. The van der Waals surface area contributed by atoms with E-state index in [2.05, 4.69) is 15.4 Å². The first-order valence-electron chi connectivity index (χ1n) is 7.81. The van der Waals surface area contributed by atoms with Gasteiger partial charge in [-0.05, 0) is 19.1 Å². The Labute approximate surface area is 140 Å². The first-order valence-corrected chi connectivity index (χ1v) is 7.81. The summed E-state index contributed by atoms with van der Waals surface area (Å²) in [5.41, 5.74) is 3.26. The van der Waals surface area contributed by atoms with Gasteiger partial charge < -0.3 is 15.5 Å². The zero-order chi connectivity index (χ0) is 16.9. The molecular weight excluding hydrogens is 304 g/mol. The minimum atomic E-state index is -0.00145. The number of nitrogens with one attached hydrogen (secondary N) is 1. The third kappa shape index (κ3) is 3.55. The molecule has 0 saturated carbocycles. The third-order valence-electron chi connectivity index (χ3n) is 3.69. The number of benzene rings is 1. The average molecular weight is 324 g/mol. The van der Waals surface area contributed by atoms with E-state index in [4.69, 9.17) is 0 Å². The van der Waals surface area contributed by atoms with Gasteiger partial charge in [-0.25, -0.2) is 4.68 Å². The van der Waals surface area contributed by atoms with Gasteiger partial charge in [-0.15, -0.1) is 0 Å². The minimum Gasteiger partial charge on any atom is -0.506 e. The van der Waals surface area contributed by atoms with Crippen LogP contribution in [0.4, 0.5) is 5.82 Å². The van der Waals surface area contributed by atoms with Crippen molar-refractivity contribution in [3.05, 3.63) is 59.9 Å². The first-order chi connectivity index (χ1) is 11.7. The number of nitrogens with zero attached hydrogens (tertiary/aromatic N) is 3. The number of aliphatic hydroxyl groups excluding tert-OH is 1. The number of aromatic nitrogens is 3. The maximum atomic E-state index is 9.90. The lowest BCUT2D eigenvalue weighted by Gasteiger charge is -2.09. The van der Waals surface area contributed by atoms with Crippen LogP contribution in [0.3, 0.4) is 0 Å². The van der Waals surface area contributed by atoms with Crippen LogP contribution in [0, 0.1) is 6.92 Å². The van der Waals surface area contributed by atoms with Gasteiger partial charge in [-0.3, -0.25) is 4.98 Å². The van der Waals surface area contributed by atoms with Crippen LogP contribution < -0.4 is 5.32 Å². The number of aliphatic hydroxyl groups is 1. The molecule has 124 valence electrons. The van der Waals surface area contributed by atoms with Crippen molar-refractivity contribution >= 4 is 5.82 Å². The lowest BCUT2D eigenvalue weighted by atomic mass is 10.1. The van der Waals surface area contributed by atoms with Crippen LogP contribution in [0.2, 0.25) is 0 Å². The molecule has 0 aliphatic carbocycles. The molecule has 0 amide bonds. The molecule has 0 aliphatic rings. The van der Waals surface area contributed by atoms with E-state index in [1.54, 1.807) is 16.8 Å². The van der Waals surface area contributed by atoms with Crippen molar-refractivity contribution in [3.8, 4) is 17.0 Å². The maximum Gasteiger partial charge on any atom is 0.138 e. The smallest absolute Gasteiger partial charge is 0.138 e. The summed E-state index contributed by atoms with van der Waals surface area (Å²) in [6, 6.07) is 15.2. The van der Waals surface area contributed by atoms with E-state index >= 15 is 0 Å². The highest BCUT2D eigenvalue weighted by atomic mass is 16.3. The van der Waals surface area contributed by atoms with Crippen molar-refractivity contribution in [1.29, 1.82) is 0 Å². The molecule has 3 aromatic rings. The lowest BCUT2D eigenvalue weighted by molar-refractivity contribution is 0.270. The Morgan fingerprint density at radius 2 is 1.92 bits per heavy atom. The molecule has 0 fully saturated rings. The van der Waals surface area contributed by atoms with Gasteiger partial charge in [-0.2, -0.15) is 5.10 Å². The molecule has 0 radical (unpaired) electrons. The molecule has 0 bridgehead atoms. The normalized spacial score (nSPS) is 10.8. The van der Waals surface area contributed by atoms with Gasteiger partial charge in [0.05, 0.1) is 25.4 Å². The van der Waals surface area contributed by atoms with Crippen LogP contribution in [0.25, 0.3) is 11.3 Å². The topological polar surface area (TPSA) is 83.2 Å². The molecule has 24 heavy (non-hydrogen) atoms. The third-order valence-corrected chi connectivity index (χ3v) is 3.69. The molecule has 1 aromatic carbocycles. The fourth-order valence-corrected chi connectivity index (χ4v) is 2.48. The number of hydrogen-bond acceptors (Lipinski definition) is 5. The van der Waals surface area contributed by atoms with E-state index in [0.29, 0.717) is 18.8 Å². The minimum absolute atomic E-state index is 0.00145. The summed E-state index contributed by atoms with van der Waals surface area (Å²) >= 11 is 0. The number of aryl methyl sites for hydroxylation is 1. The molecule has 0 spiro atoms. The summed E-state index contributed by atoms with van der Waals surface area (Å²) in [6.45, 7) is 2.65. The van der Waals surface area contributed by atoms with Crippen molar-refractivity contribution in [2.45, 2.75) is 20.0 Å². The predicted octanol–water partition coefficient (Wildman–Crippen LogP) is 2.56. The van der Waals surface area contributed by atoms with E-state index in [0.717, 1.165) is 22.8 Å². The second-order valence-corrected chi connectivity index (χ2v) is 5.50. The molecule has 3 rings (SSSR count). The van der Waals surface area contributed by atoms with Crippen molar-refractivity contribution in [2.75, 3.05) is 11.9 Å². The number of pyridine rings is 1. The quantitative estimate of drug-likeness (QED) is 0.649. The highest BCUT2D eigenvalue weighted by Crippen LogP contribution is 2.23. The van der Waals surface area contributed by atoms with Crippen molar-refractivity contribution in [3.63, 3.8) is 0 Å². The Morgan fingerprint density at radius 3 is 2.67 bits per heavy atom. The SMILES string of the molecule is Cc1ccc(O)c(CNc2cc(-c3ccccc3)nn2CCO)n1. The van der Waals surface area contributed by atoms with Crippen LogP contribution in [-0.2, 0) is 13.1 Å². The van der Waals surface area contributed by atoms with E-state index in [9.17, 15) is 10.2 Å². The molecule has 0 atom stereocenters. The van der Waals surface area contributed by atoms with Crippen molar-refractivity contribution < 1.29 is 10.2 Å². The van der Waals surface area contributed by atoms with Gasteiger partial charge in [0, 0.05) is 17.3 Å². The predicted molar refractivity (Wildman–Crippen MR) is 92.7 cm³/mol. The molecule has 3 N–H and O–H groups in total. The Hall–Kier alpha value is -2.86. The van der Waals surface area contributed by atoms with Gasteiger partial charge in [-0.1, -0.05) is 30.3 Å². The number of aromatic hydroxyl groups is 1. The maximum absolute atomic E-state index is 9.90. The second kappa shape index (κ2) is 7.14. The fourth-order valence-electron chi connectivity index (χ4n) is 2.48. The molecule has 2 aromatic heterocycles. The van der Waals surface area contributed by atoms with E-state index < -0.39 is 0 Å². The average Bonchev–Trinajstić information content (AvgIpc) is 3.00. The van der Waals surface area contributed by atoms with Crippen molar-refractivity contribution in [1.82, 2.24) is 14.8 Å². The molecular formula is C18H20N4O2. The highest BCUT2D eigenvalue weighted by Gasteiger charge is 2.10. The van der Waals surface area contributed by atoms with E-state index in [1.165, 1.54) is 0 Å². The fraction of sp³-hybridized carbons (Fsp3) is 0.222. The summed E-state index contributed by atoms with van der Waals surface area (Å²) in [5, 5.41) is 26.9. The number of anilines is 1. The molecule has 6 heteroatoms. The summed E-state index contributed by atoms with van der Waals surface area (Å²) in [7, 11) is 0. The molecule has 2 heterocycles. The second-order valence-electron chi connectivity index (χ2n) is 5.50. The van der Waals surface area contributed by atoms with Crippen LogP contribution in [0.1, 0.15) is 11.4 Å². The Bertz CT molecular complexity index is 815. The summed E-state index contributed by atoms with van der Waals surface area (Å²) in [4.78, 5) is 4.34. The molecule has 6 nitrogen and oxygen atoms in total. The standard InChI is InChI=1S/C18H20N4O2/c1-13-7-8-17(24)16(20-13)12-19-18-11-15(21-22(18)9-10-23)14-5-3-2-4-6-14/h2-8,11,19,23-24H,9-10,12H2,1H3. The Morgan fingerprint density at radius 1 is 1.12 bits per heavy atom. The summed E-state index contributed by atoms with van der Waals surface area (Å²) < 4.78 is 1.72. The highest BCUT2D eigenvalue weighted by molar-refractivity contribution is 5.63. The van der Waals surface area contributed by atoms with Crippen LogP contribution in [-0.4, -0.2) is 31.6 Å². The zero-order valence-corrected chi connectivity index (χ0v) is 13.5. The van der Waals surface area contributed by atoms with Crippen LogP contribution >= 0.6 is 0 Å².